The fourth-order valence-electron chi connectivity index (χ4n) is 3.19. The van der Waals surface area contributed by atoms with Crippen molar-refractivity contribution in [2.75, 3.05) is 13.1 Å². The molecule has 96 valence electrons. The van der Waals surface area contributed by atoms with Crippen LogP contribution in [0.2, 0.25) is 0 Å². The normalized spacial score (nSPS) is 17.4. The molecule has 0 amide bonds. The third-order valence-electron chi connectivity index (χ3n) is 4.21. The number of hydrogen-bond acceptors (Lipinski definition) is 1. The number of likely N-dealkylation sites (tertiary alicyclic amines) is 1. The molecule has 2 heteroatoms. The molecule has 1 aliphatic rings. The fraction of sp³-hybridized carbons (Fsp3) is 0.500. The van der Waals surface area contributed by atoms with Crippen molar-refractivity contribution < 1.29 is 0 Å². The fourth-order valence-corrected chi connectivity index (χ4v) is 3.19. The van der Waals surface area contributed by atoms with E-state index in [2.05, 4.69) is 42.1 Å². The zero-order chi connectivity index (χ0) is 12.5. The number of rotatable bonds is 2. The van der Waals surface area contributed by atoms with E-state index in [1.54, 1.807) is 0 Å². The van der Waals surface area contributed by atoms with Crippen LogP contribution in [0.1, 0.15) is 36.0 Å². The van der Waals surface area contributed by atoms with Gasteiger partial charge in [-0.2, -0.15) is 0 Å². The van der Waals surface area contributed by atoms with Crippen molar-refractivity contribution in [2.45, 2.75) is 39.7 Å². The van der Waals surface area contributed by atoms with Crippen LogP contribution in [0.25, 0.3) is 10.9 Å². The van der Waals surface area contributed by atoms with Crippen LogP contribution in [-0.4, -0.2) is 23.0 Å². The number of aromatic amines is 1. The molecule has 0 radical (unpaired) electrons. The molecule has 0 saturated carbocycles. The van der Waals surface area contributed by atoms with Crippen LogP contribution < -0.4 is 0 Å². The predicted molar refractivity (Wildman–Crippen MR) is 76.9 cm³/mol. The number of piperidine rings is 1. The highest BCUT2D eigenvalue weighted by atomic mass is 15.1. The summed E-state index contributed by atoms with van der Waals surface area (Å²) in [4.78, 5) is 5.98. The van der Waals surface area contributed by atoms with Gasteiger partial charge in [-0.25, -0.2) is 0 Å². The Labute approximate surface area is 109 Å². The summed E-state index contributed by atoms with van der Waals surface area (Å²) in [6, 6.07) is 4.55. The number of aromatic nitrogens is 1. The largest absolute Gasteiger partial charge is 0.361 e. The van der Waals surface area contributed by atoms with E-state index < -0.39 is 0 Å². The molecule has 1 N–H and O–H groups in total. The quantitative estimate of drug-likeness (QED) is 0.849. The zero-order valence-electron chi connectivity index (χ0n) is 11.4. The summed E-state index contributed by atoms with van der Waals surface area (Å²) in [6.45, 7) is 8.08. The molecule has 1 fully saturated rings. The summed E-state index contributed by atoms with van der Waals surface area (Å²) in [5.74, 6) is 0. The SMILES string of the molecule is Cc1cc(C)c2[nH]ccc2c1CN1CCCCC1. The Balaban J connectivity index is 1.97. The molecule has 2 heterocycles. The van der Waals surface area contributed by atoms with E-state index in [1.165, 1.54) is 59.9 Å². The second-order valence-corrected chi connectivity index (χ2v) is 5.59. The molecular formula is C16H22N2. The van der Waals surface area contributed by atoms with Crippen molar-refractivity contribution in [3.63, 3.8) is 0 Å². The number of H-pyrrole nitrogens is 1. The lowest BCUT2D eigenvalue weighted by Gasteiger charge is -2.27. The van der Waals surface area contributed by atoms with Gasteiger partial charge in [0.2, 0.25) is 0 Å². The lowest BCUT2D eigenvalue weighted by Crippen LogP contribution is -2.29. The Morgan fingerprint density at radius 1 is 1.11 bits per heavy atom. The maximum Gasteiger partial charge on any atom is 0.0487 e. The number of benzene rings is 1. The van der Waals surface area contributed by atoms with Gasteiger partial charge in [-0.1, -0.05) is 12.5 Å². The van der Waals surface area contributed by atoms with Crippen molar-refractivity contribution >= 4 is 10.9 Å². The first-order valence-corrected chi connectivity index (χ1v) is 7.04. The summed E-state index contributed by atoms with van der Waals surface area (Å²) in [7, 11) is 0. The summed E-state index contributed by atoms with van der Waals surface area (Å²) >= 11 is 0. The van der Waals surface area contributed by atoms with Crippen LogP contribution in [0.5, 0.6) is 0 Å². The van der Waals surface area contributed by atoms with Crippen molar-refractivity contribution in [1.29, 1.82) is 0 Å². The van der Waals surface area contributed by atoms with Crippen LogP contribution in [0.15, 0.2) is 18.3 Å². The minimum atomic E-state index is 1.11. The molecule has 1 saturated heterocycles. The molecule has 1 aromatic heterocycles. The van der Waals surface area contributed by atoms with E-state index in [-0.39, 0.29) is 0 Å². The summed E-state index contributed by atoms with van der Waals surface area (Å²) in [5, 5.41) is 1.41. The highest BCUT2D eigenvalue weighted by Gasteiger charge is 2.14. The maximum absolute atomic E-state index is 3.37. The third-order valence-corrected chi connectivity index (χ3v) is 4.21. The van der Waals surface area contributed by atoms with Gasteiger partial charge in [0.25, 0.3) is 0 Å². The number of hydrogen-bond donors (Lipinski definition) is 1. The lowest BCUT2D eigenvalue weighted by molar-refractivity contribution is 0.221. The second kappa shape index (κ2) is 4.77. The molecule has 2 aromatic rings. The molecule has 0 bridgehead atoms. The van der Waals surface area contributed by atoms with Gasteiger partial charge in [0, 0.05) is 23.6 Å². The van der Waals surface area contributed by atoms with Gasteiger partial charge in [0.15, 0.2) is 0 Å². The van der Waals surface area contributed by atoms with Gasteiger partial charge in [-0.05, 0) is 62.5 Å². The number of nitrogens with zero attached hydrogens (tertiary/aromatic N) is 1. The van der Waals surface area contributed by atoms with E-state index in [0.717, 1.165) is 6.54 Å². The van der Waals surface area contributed by atoms with E-state index in [0.29, 0.717) is 0 Å². The molecule has 3 rings (SSSR count). The first-order chi connectivity index (χ1) is 8.75. The lowest BCUT2D eigenvalue weighted by atomic mass is 9.99. The molecule has 18 heavy (non-hydrogen) atoms. The number of aryl methyl sites for hydroxylation is 2. The van der Waals surface area contributed by atoms with Gasteiger partial charge in [0.1, 0.15) is 0 Å². The van der Waals surface area contributed by atoms with Crippen LogP contribution in [-0.2, 0) is 6.54 Å². The van der Waals surface area contributed by atoms with Crippen molar-refractivity contribution in [1.82, 2.24) is 9.88 Å². The van der Waals surface area contributed by atoms with E-state index >= 15 is 0 Å². The van der Waals surface area contributed by atoms with Crippen molar-refractivity contribution in [3.05, 3.63) is 35.0 Å². The monoisotopic (exact) mass is 242 g/mol. The molecular weight excluding hydrogens is 220 g/mol. The average molecular weight is 242 g/mol. The molecule has 0 spiro atoms. The van der Waals surface area contributed by atoms with Crippen molar-refractivity contribution in [2.24, 2.45) is 0 Å². The Morgan fingerprint density at radius 2 is 1.89 bits per heavy atom. The van der Waals surface area contributed by atoms with E-state index in [9.17, 15) is 0 Å². The smallest absolute Gasteiger partial charge is 0.0487 e. The summed E-state index contributed by atoms with van der Waals surface area (Å²) < 4.78 is 0. The molecule has 1 aliphatic heterocycles. The predicted octanol–water partition coefficient (Wildman–Crippen LogP) is 3.77. The standard InChI is InChI=1S/C16H22N2/c1-12-10-13(2)16-14(6-7-17-16)15(12)11-18-8-4-3-5-9-18/h6-7,10,17H,3-5,8-9,11H2,1-2H3. The van der Waals surface area contributed by atoms with Gasteiger partial charge >= 0.3 is 0 Å². The minimum Gasteiger partial charge on any atom is -0.361 e. The Kier molecular flexibility index (Phi) is 3.13. The molecule has 0 atom stereocenters. The first kappa shape index (κ1) is 11.8. The van der Waals surface area contributed by atoms with E-state index in [1.807, 2.05) is 0 Å². The molecule has 2 nitrogen and oxygen atoms in total. The van der Waals surface area contributed by atoms with Gasteiger partial charge < -0.3 is 4.98 Å². The number of fused-ring (bicyclic) bond motifs is 1. The van der Waals surface area contributed by atoms with Crippen LogP contribution in [0, 0.1) is 13.8 Å². The van der Waals surface area contributed by atoms with E-state index in [4.69, 9.17) is 0 Å². The van der Waals surface area contributed by atoms with Crippen LogP contribution in [0.4, 0.5) is 0 Å². The Bertz CT molecular complexity index is 547. The Morgan fingerprint density at radius 3 is 2.67 bits per heavy atom. The van der Waals surface area contributed by atoms with Gasteiger partial charge in [-0.3, -0.25) is 4.90 Å². The molecule has 0 unspecified atom stereocenters. The average Bonchev–Trinajstić information content (AvgIpc) is 2.85. The molecule has 1 aromatic carbocycles. The highest BCUT2D eigenvalue weighted by Crippen LogP contribution is 2.26. The van der Waals surface area contributed by atoms with Gasteiger partial charge in [-0.15, -0.1) is 0 Å². The minimum absolute atomic E-state index is 1.11. The Hall–Kier alpha value is -1.28. The van der Waals surface area contributed by atoms with Crippen LogP contribution >= 0.6 is 0 Å². The van der Waals surface area contributed by atoms with Gasteiger partial charge in [0.05, 0.1) is 0 Å². The van der Waals surface area contributed by atoms with Crippen LogP contribution in [0.3, 0.4) is 0 Å². The molecule has 0 aliphatic carbocycles. The summed E-state index contributed by atoms with van der Waals surface area (Å²) in [5.41, 5.74) is 5.62. The summed E-state index contributed by atoms with van der Waals surface area (Å²) in [6.07, 6.45) is 6.20. The zero-order valence-corrected chi connectivity index (χ0v) is 11.4. The first-order valence-electron chi connectivity index (χ1n) is 7.04. The van der Waals surface area contributed by atoms with Crippen molar-refractivity contribution in [3.8, 4) is 0 Å². The number of nitrogens with one attached hydrogen (secondary N) is 1. The third kappa shape index (κ3) is 2.05. The maximum atomic E-state index is 3.37. The highest BCUT2D eigenvalue weighted by molar-refractivity contribution is 5.86. The topological polar surface area (TPSA) is 19.0 Å². The second-order valence-electron chi connectivity index (χ2n) is 5.59.